The summed E-state index contributed by atoms with van der Waals surface area (Å²) in [5, 5.41) is 0. The van der Waals surface area contributed by atoms with Gasteiger partial charge in [0.25, 0.3) is 0 Å². The Morgan fingerprint density at radius 1 is 0.958 bits per heavy atom. The normalized spacial score (nSPS) is 14.7. The third kappa shape index (κ3) is 3.35. The lowest BCUT2D eigenvalue weighted by atomic mass is 10.3. The van der Waals surface area contributed by atoms with Crippen molar-refractivity contribution in [3.8, 4) is 11.5 Å². The van der Waals surface area contributed by atoms with Crippen molar-refractivity contribution < 1.29 is 22.1 Å². The Morgan fingerprint density at radius 3 is 2.12 bits per heavy atom. The van der Waals surface area contributed by atoms with E-state index in [0.29, 0.717) is 18.7 Å². The maximum Gasteiger partial charge on any atom is 0.339 e. The van der Waals surface area contributed by atoms with Gasteiger partial charge in [-0.25, -0.2) is 0 Å². The standard InChI is InChI=1S/C17H17NO5S/c1-22-14-8-10-16(11-9-14)24(20,21)23-15-6-4-13(5-7-15)18-12-2-3-17(18)19/h4-11H,2-3,12H2,1H3. The van der Waals surface area contributed by atoms with Crippen LogP contribution in [0.2, 0.25) is 0 Å². The van der Waals surface area contributed by atoms with Crippen molar-refractivity contribution in [3.63, 3.8) is 0 Å². The molecular weight excluding hydrogens is 330 g/mol. The van der Waals surface area contributed by atoms with E-state index in [1.165, 1.54) is 19.2 Å². The zero-order valence-corrected chi connectivity index (χ0v) is 14.0. The van der Waals surface area contributed by atoms with Crippen LogP contribution in [0.3, 0.4) is 0 Å². The molecule has 0 unspecified atom stereocenters. The fourth-order valence-corrected chi connectivity index (χ4v) is 3.45. The number of hydrogen-bond donors (Lipinski definition) is 0. The van der Waals surface area contributed by atoms with Gasteiger partial charge in [-0.05, 0) is 55.0 Å². The number of nitrogens with zero attached hydrogens (tertiary/aromatic N) is 1. The Hall–Kier alpha value is -2.54. The van der Waals surface area contributed by atoms with Crippen LogP contribution in [-0.2, 0) is 14.9 Å². The van der Waals surface area contributed by atoms with Crippen LogP contribution < -0.4 is 13.8 Å². The van der Waals surface area contributed by atoms with Crippen molar-refractivity contribution in [2.75, 3.05) is 18.6 Å². The second-order valence-corrected chi connectivity index (χ2v) is 6.90. The molecule has 1 fully saturated rings. The van der Waals surface area contributed by atoms with E-state index in [4.69, 9.17) is 8.92 Å². The smallest absolute Gasteiger partial charge is 0.339 e. The second-order valence-electron chi connectivity index (χ2n) is 5.36. The number of methoxy groups -OCH3 is 1. The lowest BCUT2D eigenvalue weighted by Crippen LogP contribution is -2.23. The molecule has 6 nitrogen and oxygen atoms in total. The van der Waals surface area contributed by atoms with Crippen LogP contribution >= 0.6 is 0 Å². The molecule has 2 aromatic carbocycles. The summed E-state index contributed by atoms with van der Waals surface area (Å²) in [4.78, 5) is 13.4. The number of benzene rings is 2. The van der Waals surface area contributed by atoms with Gasteiger partial charge in [-0.1, -0.05) is 0 Å². The second kappa shape index (κ2) is 6.52. The highest BCUT2D eigenvalue weighted by atomic mass is 32.2. The summed E-state index contributed by atoms with van der Waals surface area (Å²) in [5.41, 5.74) is 0.742. The Balaban J connectivity index is 1.75. The van der Waals surface area contributed by atoms with Gasteiger partial charge in [0.2, 0.25) is 5.91 Å². The van der Waals surface area contributed by atoms with E-state index in [0.717, 1.165) is 12.1 Å². The van der Waals surface area contributed by atoms with Gasteiger partial charge in [-0.15, -0.1) is 0 Å². The van der Waals surface area contributed by atoms with Gasteiger partial charge in [0, 0.05) is 18.7 Å². The first-order valence-corrected chi connectivity index (χ1v) is 8.89. The Kier molecular flexibility index (Phi) is 4.44. The van der Waals surface area contributed by atoms with Crippen LogP contribution in [-0.4, -0.2) is 28.0 Å². The zero-order valence-electron chi connectivity index (χ0n) is 13.1. The average Bonchev–Trinajstić information content (AvgIpc) is 3.01. The Labute approximate surface area is 140 Å². The fraction of sp³-hybridized carbons (Fsp3) is 0.235. The summed E-state index contributed by atoms with van der Waals surface area (Å²) in [7, 11) is -2.41. The Bertz CT molecular complexity index is 828. The van der Waals surface area contributed by atoms with Crippen LogP contribution in [0.25, 0.3) is 0 Å². The molecule has 0 bridgehead atoms. The maximum atomic E-state index is 12.3. The maximum absolute atomic E-state index is 12.3. The van der Waals surface area contributed by atoms with Gasteiger partial charge in [-0.3, -0.25) is 4.79 Å². The molecule has 1 heterocycles. The van der Waals surface area contributed by atoms with Gasteiger partial charge in [0.1, 0.15) is 16.4 Å². The largest absolute Gasteiger partial charge is 0.497 e. The molecule has 1 saturated heterocycles. The van der Waals surface area contributed by atoms with E-state index in [-0.39, 0.29) is 16.6 Å². The summed E-state index contributed by atoms with van der Waals surface area (Å²) in [5.74, 6) is 0.837. The SMILES string of the molecule is COc1ccc(S(=O)(=O)Oc2ccc(N3CCCC3=O)cc2)cc1. The topological polar surface area (TPSA) is 72.9 Å². The van der Waals surface area contributed by atoms with Gasteiger partial charge >= 0.3 is 10.1 Å². The van der Waals surface area contributed by atoms with Crippen molar-refractivity contribution in [1.82, 2.24) is 0 Å². The first-order chi connectivity index (χ1) is 11.5. The number of amides is 1. The average molecular weight is 347 g/mol. The molecule has 0 radical (unpaired) electrons. The van der Waals surface area contributed by atoms with Crippen molar-refractivity contribution >= 4 is 21.7 Å². The zero-order chi connectivity index (χ0) is 17.2. The summed E-state index contributed by atoms with van der Waals surface area (Å²) in [6, 6.07) is 12.4. The molecule has 0 saturated carbocycles. The molecule has 1 amide bonds. The molecule has 126 valence electrons. The van der Waals surface area contributed by atoms with Gasteiger partial charge in [-0.2, -0.15) is 8.42 Å². The van der Waals surface area contributed by atoms with Gasteiger partial charge < -0.3 is 13.8 Å². The number of carbonyl (C=O) groups excluding carboxylic acids is 1. The summed E-state index contributed by atoms with van der Waals surface area (Å²) in [6.45, 7) is 0.684. The minimum Gasteiger partial charge on any atom is -0.497 e. The quantitative estimate of drug-likeness (QED) is 0.777. The van der Waals surface area contributed by atoms with E-state index in [1.54, 1.807) is 41.3 Å². The molecule has 24 heavy (non-hydrogen) atoms. The minimum atomic E-state index is -3.92. The van der Waals surface area contributed by atoms with E-state index in [9.17, 15) is 13.2 Å². The van der Waals surface area contributed by atoms with E-state index < -0.39 is 10.1 Å². The molecule has 0 atom stereocenters. The molecule has 0 aromatic heterocycles. The summed E-state index contributed by atoms with van der Waals surface area (Å²) in [6.07, 6.45) is 1.38. The molecule has 0 spiro atoms. The lowest BCUT2D eigenvalue weighted by Gasteiger charge is -2.16. The molecular formula is C17H17NO5S. The fourth-order valence-electron chi connectivity index (χ4n) is 2.52. The Morgan fingerprint density at radius 2 is 1.58 bits per heavy atom. The van der Waals surface area contributed by atoms with Crippen LogP contribution in [0.1, 0.15) is 12.8 Å². The van der Waals surface area contributed by atoms with Gasteiger partial charge in [0.05, 0.1) is 7.11 Å². The highest BCUT2D eigenvalue weighted by Gasteiger charge is 2.22. The van der Waals surface area contributed by atoms with Gasteiger partial charge in [0.15, 0.2) is 0 Å². The van der Waals surface area contributed by atoms with E-state index in [1.807, 2.05) is 0 Å². The predicted octanol–water partition coefficient (Wildman–Crippen LogP) is 2.59. The summed E-state index contributed by atoms with van der Waals surface area (Å²) >= 11 is 0. The molecule has 0 aliphatic carbocycles. The van der Waals surface area contributed by atoms with Crippen molar-refractivity contribution in [2.45, 2.75) is 17.7 Å². The summed E-state index contributed by atoms with van der Waals surface area (Å²) < 4.78 is 34.7. The monoisotopic (exact) mass is 347 g/mol. The third-order valence-corrected chi connectivity index (χ3v) is 5.04. The number of anilines is 1. The molecule has 1 aliphatic rings. The van der Waals surface area contributed by atoms with E-state index in [2.05, 4.69) is 0 Å². The minimum absolute atomic E-state index is 0.0436. The predicted molar refractivity (Wildman–Crippen MR) is 88.8 cm³/mol. The van der Waals surface area contributed by atoms with Crippen molar-refractivity contribution in [2.24, 2.45) is 0 Å². The van der Waals surface area contributed by atoms with Crippen LogP contribution in [0.4, 0.5) is 5.69 Å². The van der Waals surface area contributed by atoms with Crippen LogP contribution in [0.5, 0.6) is 11.5 Å². The lowest BCUT2D eigenvalue weighted by molar-refractivity contribution is -0.117. The highest BCUT2D eigenvalue weighted by molar-refractivity contribution is 7.87. The van der Waals surface area contributed by atoms with E-state index >= 15 is 0 Å². The first kappa shape index (κ1) is 16.3. The number of hydrogen-bond acceptors (Lipinski definition) is 5. The molecule has 0 N–H and O–H groups in total. The molecule has 1 aliphatic heterocycles. The molecule has 3 rings (SSSR count). The molecule has 2 aromatic rings. The van der Waals surface area contributed by atoms with Crippen LogP contribution in [0, 0.1) is 0 Å². The highest BCUT2D eigenvalue weighted by Crippen LogP contribution is 2.26. The number of ether oxygens (including phenoxy) is 1. The van der Waals surface area contributed by atoms with Crippen molar-refractivity contribution in [3.05, 3.63) is 48.5 Å². The van der Waals surface area contributed by atoms with Crippen molar-refractivity contribution in [1.29, 1.82) is 0 Å². The number of rotatable bonds is 5. The van der Waals surface area contributed by atoms with Crippen LogP contribution in [0.15, 0.2) is 53.4 Å². The first-order valence-electron chi connectivity index (χ1n) is 7.48. The third-order valence-electron chi connectivity index (χ3n) is 3.78. The molecule has 7 heteroatoms. The number of carbonyl (C=O) groups is 1.